The summed E-state index contributed by atoms with van der Waals surface area (Å²) in [6.07, 6.45) is 0. The molecule has 2 amide bonds. The van der Waals surface area contributed by atoms with Crippen LogP contribution < -0.4 is 22.1 Å². The first kappa shape index (κ1) is 20.0. The largest absolute Gasteiger partial charge is 0.354 e. The van der Waals surface area contributed by atoms with E-state index in [0.717, 1.165) is 22.3 Å². The van der Waals surface area contributed by atoms with Crippen LogP contribution in [0.15, 0.2) is 48.5 Å². The van der Waals surface area contributed by atoms with Crippen LogP contribution >= 0.6 is 0 Å². The molecule has 148 valence electrons. The highest BCUT2D eigenvalue weighted by Crippen LogP contribution is 2.48. The lowest BCUT2D eigenvalue weighted by molar-refractivity contribution is -0.135. The second-order valence-corrected chi connectivity index (χ2v) is 7.57. The van der Waals surface area contributed by atoms with Crippen LogP contribution in [0.2, 0.25) is 0 Å². The lowest BCUT2D eigenvalue weighted by Crippen LogP contribution is -2.48. The van der Waals surface area contributed by atoms with Gasteiger partial charge < -0.3 is 22.1 Å². The van der Waals surface area contributed by atoms with Crippen LogP contribution in [0.25, 0.3) is 11.1 Å². The van der Waals surface area contributed by atoms with Gasteiger partial charge in [-0.05, 0) is 36.1 Å². The molecule has 1 aliphatic carbocycles. The van der Waals surface area contributed by atoms with Gasteiger partial charge in [0.2, 0.25) is 11.8 Å². The molecule has 2 aromatic carbocycles. The van der Waals surface area contributed by atoms with E-state index in [4.69, 9.17) is 11.5 Å². The second-order valence-electron chi connectivity index (χ2n) is 7.57. The third-order valence-corrected chi connectivity index (χ3v) is 4.98. The Morgan fingerprint density at radius 3 is 1.61 bits per heavy atom. The van der Waals surface area contributed by atoms with E-state index in [0.29, 0.717) is 13.1 Å². The molecule has 28 heavy (non-hydrogen) atoms. The molecule has 2 atom stereocenters. The van der Waals surface area contributed by atoms with E-state index in [1.165, 1.54) is 0 Å². The molecule has 0 fully saturated rings. The van der Waals surface area contributed by atoms with Gasteiger partial charge in [0, 0.05) is 31.1 Å². The Bertz CT molecular complexity index is 794. The van der Waals surface area contributed by atoms with Crippen LogP contribution in [0.3, 0.4) is 0 Å². The van der Waals surface area contributed by atoms with Crippen molar-refractivity contribution in [3.63, 3.8) is 0 Å². The molecular weight excluding hydrogens is 352 g/mol. The van der Waals surface area contributed by atoms with Gasteiger partial charge in [-0.1, -0.05) is 48.5 Å². The zero-order valence-electron chi connectivity index (χ0n) is 16.3. The quantitative estimate of drug-likeness (QED) is 0.543. The molecule has 0 spiro atoms. The van der Waals surface area contributed by atoms with Crippen molar-refractivity contribution < 1.29 is 9.59 Å². The lowest BCUT2D eigenvalue weighted by Gasteiger charge is -2.25. The van der Waals surface area contributed by atoms with Gasteiger partial charge in [0.25, 0.3) is 0 Å². The summed E-state index contributed by atoms with van der Waals surface area (Å²) in [5.74, 6) is -1.90. The molecule has 6 nitrogen and oxygen atoms in total. The number of nitrogens with one attached hydrogen (secondary N) is 2. The van der Waals surface area contributed by atoms with E-state index in [-0.39, 0.29) is 29.8 Å². The van der Waals surface area contributed by atoms with E-state index < -0.39 is 5.92 Å². The van der Waals surface area contributed by atoms with Gasteiger partial charge in [-0.2, -0.15) is 0 Å². The summed E-state index contributed by atoms with van der Waals surface area (Å²) in [5, 5.41) is 5.67. The fourth-order valence-electron chi connectivity index (χ4n) is 3.72. The van der Waals surface area contributed by atoms with Gasteiger partial charge in [-0.25, -0.2) is 0 Å². The van der Waals surface area contributed by atoms with E-state index >= 15 is 0 Å². The van der Waals surface area contributed by atoms with Crippen LogP contribution in [0, 0.1) is 5.92 Å². The minimum absolute atomic E-state index is 0.195. The standard InChI is InChI=1S/C22H28N4O2/c1-13(23)11-25-21(27)20(22(28)26-12-14(2)24)19-17-9-5-3-7-15(17)16-8-4-6-10-18(16)19/h3-10,13-14,19-20H,11-12,23-24H2,1-2H3,(H,25,27)(H,26,28). The van der Waals surface area contributed by atoms with E-state index in [2.05, 4.69) is 10.6 Å². The molecule has 1 aliphatic rings. The van der Waals surface area contributed by atoms with Gasteiger partial charge in [0.05, 0.1) is 0 Å². The Hall–Kier alpha value is -2.70. The molecule has 0 heterocycles. The number of hydrogen-bond donors (Lipinski definition) is 4. The number of carbonyl (C=O) groups is 2. The first-order valence-electron chi connectivity index (χ1n) is 9.65. The van der Waals surface area contributed by atoms with Gasteiger partial charge in [0.15, 0.2) is 0 Å². The number of carbonyl (C=O) groups excluding carboxylic acids is 2. The topological polar surface area (TPSA) is 110 Å². The van der Waals surface area contributed by atoms with Crippen molar-refractivity contribution in [3.05, 3.63) is 59.7 Å². The molecule has 6 N–H and O–H groups in total. The SMILES string of the molecule is CC(N)CNC(=O)C(C(=O)NCC(C)N)C1c2ccccc2-c2ccccc21. The Labute approximate surface area is 165 Å². The van der Waals surface area contributed by atoms with Crippen molar-refractivity contribution in [1.82, 2.24) is 10.6 Å². The number of nitrogens with two attached hydrogens (primary N) is 2. The molecule has 6 heteroatoms. The molecule has 3 rings (SSSR count). The average molecular weight is 380 g/mol. The predicted octanol–water partition coefficient (Wildman–Crippen LogP) is 1.34. The van der Waals surface area contributed by atoms with Crippen LogP contribution in [0.5, 0.6) is 0 Å². The molecular formula is C22H28N4O2. The molecule has 0 aromatic heterocycles. The molecule has 0 radical (unpaired) electrons. The number of fused-ring (bicyclic) bond motifs is 3. The van der Waals surface area contributed by atoms with Crippen molar-refractivity contribution >= 4 is 11.8 Å². The Balaban J connectivity index is 2.01. The Kier molecular flexibility index (Phi) is 6.11. The highest BCUT2D eigenvalue weighted by atomic mass is 16.2. The monoisotopic (exact) mass is 380 g/mol. The maximum Gasteiger partial charge on any atom is 0.233 e. The summed E-state index contributed by atoms with van der Waals surface area (Å²) in [6.45, 7) is 4.25. The zero-order chi connectivity index (χ0) is 20.3. The summed E-state index contributed by atoms with van der Waals surface area (Å²) in [6, 6.07) is 15.5. The van der Waals surface area contributed by atoms with Crippen molar-refractivity contribution in [3.8, 4) is 11.1 Å². The fraction of sp³-hybridized carbons (Fsp3) is 0.364. The summed E-state index contributed by atoms with van der Waals surface area (Å²) in [7, 11) is 0. The summed E-state index contributed by atoms with van der Waals surface area (Å²) >= 11 is 0. The first-order chi connectivity index (χ1) is 13.4. The minimum Gasteiger partial charge on any atom is -0.354 e. The van der Waals surface area contributed by atoms with Crippen LogP contribution in [0.4, 0.5) is 0 Å². The van der Waals surface area contributed by atoms with Gasteiger partial charge in [-0.15, -0.1) is 0 Å². The Morgan fingerprint density at radius 2 is 1.21 bits per heavy atom. The van der Waals surface area contributed by atoms with Crippen LogP contribution in [-0.4, -0.2) is 37.0 Å². The zero-order valence-corrected chi connectivity index (χ0v) is 16.3. The third kappa shape index (κ3) is 4.08. The maximum absolute atomic E-state index is 13.1. The van der Waals surface area contributed by atoms with Crippen LogP contribution in [0.1, 0.15) is 30.9 Å². The van der Waals surface area contributed by atoms with E-state index in [1.807, 2.05) is 62.4 Å². The number of benzene rings is 2. The van der Waals surface area contributed by atoms with Crippen molar-refractivity contribution in [2.45, 2.75) is 31.8 Å². The first-order valence-corrected chi connectivity index (χ1v) is 9.65. The van der Waals surface area contributed by atoms with E-state index in [1.54, 1.807) is 0 Å². The summed E-state index contributed by atoms with van der Waals surface area (Å²) in [5.41, 5.74) is 15.7. The fourth-order valence-corrected chi connectivity index (χ4v) is 3.72. The molecule has 0 saturated heterocycles. The smallest absolute Gasteiger partial charge is 0.233 e. The van der Waals surface area contributed by atoms with Gasteiger partial charge >= 0.3 is 0 Å². The number of hydrogen-bond acceptors (Lipinski definition) is 4. The summed E-state index contributed by atoms with van der Waals surface area (Å²) in [4.78, 5) is 26.2. The molecule has 2 aromatic rings. The highest BCUT2D eigenvalue weighted by molar-refractivity contribution is 6.03. The van der Waals surface area contributed by atoms with Crippen LogP contribution in [-0.2, 0) is 9.59 Å². The lowest BCUT2D eigenvalue weighted by atomic mass is 9.82. The highest BCUT2D eigenvalue weighted by Gasteiger charge is 2.41. The maximum atomic E-state index is 13.1. The second kappa shape index (κ2) is 8.54. The normalized spacial score (nSPS) is 15.9. The number of amides is 2. The van der Waals surface area contributed by atoms with Gasteiger partial charge in [0.1, 0.15) is 5.92 Å². The summed E-state index contributed by atoms with van der Waals surface area (Å²) < 4.78 is 0. The molecule has 0 saturated carbocycles. The minimum atomic E-state index is -0.901. The Morgan fingerprint density at radius 1 is 0.821 bits per heavy atom. The van der Waals surface area contributed by atoms with Crippen molar-refractivity contribution in [2.24, 2.45) is 17.4 Å². The average Bonchev–Trinajstić information content (AvgIpc) is 3.00. The molecule has 2 unspecified atom stereocenters. The van der Waals surface area contributed by atoms with Crippen molar-refractivity contribution in [1.29, 1.82) is 0 Å². The number of rotatable bonds is 7. The molecule has 0 bridgehead atoms. The van der Waals surface area contributed by atoms with Crippen molar-refractivity contribution in [2.75, 3.05) is 13.1 Å². The van der Waals surface area contributed by atoms with E-state index in [9.17, 15) is 9.59 Å². The van der Waals surface area contributed by atoms with Gasteiger partial charge in [-0.3, -0.25) is 9.59 Å². The molecule has 0 aliphatic heterocycles. The third-order valence-electron chi connectivity index (χ3n) is 4.98. The predicted molar refractivity (Wildman–Crippen MR) is 111 cm³/mol.